The van der Waals surface area contributed by atoms with Gasteiger partial charge in [0.2, 0.25) is 5.91 Å². The lowest BCUT2D eigenvalue weighted by Gasteiger charge is -2.15. The third kappa shape index (κ3) is 3.84. The summed E-state index contributed by atoms with van der Waals surface area (Å²) in [5.41, 5.74) is 7.03. The molecule has 1 aromatic rings. The van der Waals surface area contributed by atoms with Crippen LogP contribution in [-0.4, -0.2) is 18.5 Å². The van der Waals surface area contributed by atoms with Crippen molar-refractivity contribution in [2.45, 2.75) is 38.1 Å². The largest absolute Gasteiger partial charge is 0.354 e. The van der Waals surface area contributed by atoms with E-state index < -0.39 is 6.04 Å². The van der Waals surface area contributed by atoms with Gasteiger partial charge >= 0.3 is 0 Å². The molecule has 1 amide bonds. The lowest BCUT2D eigenvalue weighted by Crippen LogP contribution is -2.43. The van der Waals surface area contributed by atoms with Crippen molar-refractivity contribution in [3.8, 4) is 0 Å². The topological polar surface area (TPSA) is 55.1 Å². The summed E-state index contributed by atoms with van der Waals surface area (Å²) in [4.78, 5) is 11.9. The van der Waals surface area contributed by atoms with Gasteiger partial charge in [0.05, 0.1) is 6.04 Å². The Bertz CT molecular complexity index is 371. The van der Waals surface area contributed by atoms with E-state index in [1.54, 1.807) is 0 Å². The molecule has 0 saturated heterocycles. The molecule has 3 nitrogen and oxygen atoms in total. The number of carbonyl (C=O) groups excluding carboxylic acids is 1. The highest BCUT2D eigenvalue weighted by Gasteiger charge is 2.18. The molecule has 18 heavy (non-hydrogen) atoms. The smallest absolute Gasteiger partial charge is 0.237 e. The number of amides is 1. The van der Waals surface area contributed by atoms with Crippen LogP contribution >= 0.6 is 0 Å². The zero-order valence-electron chi connectivity index (χ0n) is 10.8. The quantitative estimate of drug-likeness (QED) is 0.833. The van der Waals surface area contributed by atoms with Crippen LogP contribution in [0.1, 0.15) is 31.2 Å². The minimum atomic E-state index is -0.436. The van der Waals surface area contributed by atoms with Crippen molar-refractivity contribution in [3.63, 3.8) is 0 Å². The predicted molar refractivity (Wildman–Crippen MR) is 73.1 cm³/mol. The summed E-state index contributed by atoms with van der Waals surface area (Å²) in [7, 11) is 0. The van der Waals surface area contributed by atoms with Crippen LogP contribution in [0.3, 0.4) is 0 Å². The van der Waals surface area contributed by atoms with Crippen LogP contribution in [0, 0.1) is 5.92 Å². The molecule has 1 aliphatic rings. The highest BCUT2D eigenvalue weighted by atomic mass is 16.2. The van der Waals surface area contributed by atoms with Crippen molar-refractivity contribution >= 4 is 5.91 Å². The zero-order chi connectivity index (χ0) is 12.8. The van der Waals surface area contributed by atoms with Gasteiger partial charge in [0.15, 0.2) is 0 Å². The molecule has 0 unspecified atom stereocenters. The van der Waals surface area contributed by atoms with E-state index in [0.29, 0.717) is 12.3 Å². The third-order valence-electron chi connectivity index (χ3n) is 3.67. The Hall–Kier alpha value is -1.35. The average molecular weight is 246 g/mol. The highest BCUT2D eigenvalue weighted by Crippen LogP contribution is 2.23. The summed E-state index contributed by atoms with van der Waals surface area (Å²) < 4.78 is 0. The number of hydrogen-bond donors (Lipinski definition) is 2. The number of rotatable bonds is 5. The van der Waals surface area contributed by atoms with E-state index in [0.717, 1.165) is 12.1 Å². The monoisotopic (exact) mass is 246 g/mol. The molecule has 0 aliphatic heterocycles. The molecule has 1 fully saturated rings. The second-order valence-corrected chi connectivity index (χ2v) is 5.19. The minimum Gasteiger partial charge on any atom is -0.354 e. The van der Waals surface area contributed by atoms with Crippen molar-refractivity contribution in [2.24, 2.45) is 11.7 Å². The molecule has 1 aromatic carbocycles. The van der Waals surface area contributed by atoms with E-state index in [9.17, 15) is 4.79 Å². The Morgan fingerprint density at radius 3 is 2.61 bits per heavy atom. The summed E-state index contributed by atoms with van der Waals surface area (Å²) in [5.74, 6) is 0.642. The molecule has 3 heteroatoms. The second-order valence-electron chi connectivity index (χ2n) is 5.19. The molecule has 0 aromatic heterocycles. The Labute approximate surface area is 109 Å². The van der Waals surface area contributed by atoms with Gasteiger partial charge in [-0.1, -0.05) is 43.2 Å². The van der Waals surface area contributed by atoms with Gasteiger partial charge in [-0.3, -0.25) is 4.79 Å². The molecule has 3 N–H and O–H groups in total. The Kier molecular flexibility index (Phi) is 4.76. The van der Waals surface area contributed by atoms with Crippen molar-refractivity contribution in [1.82, 2.24) is 5.32 Å². The lowest BCUT2D eigenvalue weighted by atomic mass is 10.1. The lowest BCUT2D eigenvalue weighted by molar-refractivity contribution is -0.122. The molecule has 98 valence electrons. The van der Waals surface area contributed by atoms with Gasteiger partial charge in [-0.15, -0.1) is 0 Å². The van der Waals surface area contributed by atoms with Crippen molar-refractivity contribution in [1.29, 1.82) is 0 Å². The van der Waals surface area contributed by atoms with Crippen LogP contribution in [-0.2, 0) is 11.2 Å². The molecule has 0 radical (unpaired) electrons. The number of nitrogens with one attached hydrogen (secondary N) is 1. The first-order valence-electron chi connectivity index (χ1n) is 6.83. The van der Waals surface area contributed by atoms with E-state index in [1.807, 2.05) is 30.3 Å². The average Bonchev–Trinajstić information content (AvgIpc) is 2.90. The number of nitrogens with two attached hydrogens (primary N) is 1. The molecule has 0 bridgehead atoms. The molecule has 2 rings (SSSR count). The van der Waals surface area contributed by atoms with Gasteiger partial charge in [-0.25, -0.2) is 0 Å². The molecule has 0 heterocycles. The van der Waals surface area contributed by atoms with Crippen molar-refractivity contribution in [3.05, 3.63) is 35.9 Å². The first-order valence-corrected chi connectivity index (χ1v) is 6.83. The Balaban J connectivity index is 1.74. The van der Waals surface area contributed by atoms with Gasteiger partial charge in [-0.2, -0.15) is 0 Å². The van der Waals surface area contributed by atoms with Gasteiger partial charge in [0.1, 0.15) is 0 Å². The SMILES string of the molecule is N[C@@H](Cc1ccccc1)C(=O)NCC1CCCC1. The van der Waals surface area contributed by atoms with Crippen molar-refractivity contribution < 1.29 is 4.79 Å². The molecular weight excluding hydrogens is 224 g/mol. The van der Waals surface area contributed by atoms with Gasteiger partial charge in [0, 0.05) is 6.54 Å². The predicted octanol–water partition coefficient (Wildman–Crippen LogP) is 1.86. The first kappa shape index (κ1) is 13.1. The fourth-order valence-electron chi connectivity index (χ4n) is 2.55. The fraction of sp³-hybridized carbons (Fsp3) is 0.533. The van der Waals surface area contributed by atoms with Gasteiger partial charge in [0.25, 0.3) is 0 Å². The van der Waals surface area contributed by atoms with Crippen LogP contribution in [0.25, 0.3) is 0 Å². The van der Waals surface area contributed by atoms with Crippen LogP contribution in [0.2, 0.25) is 0 Å². The normalized spacial score (nSPS) is 17.6. The molecule has 1 atom stereocenters. The number of benzene rings is 1. The maximum Gasteiger partial charge on any atom is 0.237 e. The highest BCUT2D eigenvalue weighted by molar-refractivity contribution is 5.81. The zero-order valence-corrected chi connectivity index (χ0v) is 10.8. The Morgan fingerprint density at radius 1 is 1.28 bits per heavy atom. The summed E-state index contributed by atoms with van der Waals surface area (Å²) in [6, 6.07) is 9.48. The van der Waals surface area contributed by atoms with E-state index in [4.69, 9.17) is 5.73 Å². The van der Waals surface area contributed by atoms with Crippen LogP contribution in [0.15, 0.2) is 30.3 Å². The second kappa shape index (κ2) is 6.55. The van der Waals surface area contributed by atoms with E-state index in [1.165, 1.54) is 25.7 Å². The fourth-order valence-corrected chi connectivity index (χ4v) is 2.55. The summed E-state index contributed by atoms with van der Waals surface area (Å²) in [6.07, 6.45) is 5.70. The van der Waals surface area contributed by atoms with E-state index >= 15 is 0 Å². The van der Waals surface area contributed by atoms with E-state index in [2.05, 4.69) is 5.32 Å². The molecule has 1 aliphatic carbocycles. The summed E-state index contributed by atoms with van der Waals surface area (Å²) in [5, 5.41) is 2.98. The minimum absolute atomic E-state index is 0.0225. The molecule has 0 spiro atoms. The molecule has 1 saturated carbocycles. The van der Waals surface area contributed by atoms with Gasteiger partial charge < -0.3 is 11.1 Å². The third-order valence-corrected chi connectivity index (χ3v) is 3.67. The van der Waals surface area contributed by atoms with Crippen LogP contribution < -0.4 is 11.1 Å². The van der Waals surface area contributed by atoms with E-state index in [-0.39, 0.29) is 5.91 Å². The van der Waals surface area contributed by atoms with Gasteiger partial charge in [-0.05, 0) is 30.7 Å². The first-order chi connectivity index (χ1) is 8.75. The number of carbonyl (C=O) groups is 1. The maximum absolute atomic E-state index is 11.9. The summed E-state index contributed by atoms with van der Waals surface area (Å²) >= 11 is 0. The maximum atomic E-state index is 11.9. The Morgan fingerprint density at radius 2 is 1.94 bits per heavy atom. The van der Waals surface area contributed by atoms with Crippen molar-refractivity contribution in [2.75, 3.05) is 6.54 Å². The van der Waals surface area contributed by atoms with Crippen LogP contribution in [0.5, 0.6) is 0 Å². The molecular formula is C15H22N2O. The standard InChI is InChI=1S/C15H22N2O/c16-14(10-12-6-2-1-3-7-12)15(18)17-11-13-8-4-5-9-13/h1-3,6-7,13-14H,4-5,8-11,16H2,(H,17,18)/t14-/m0/s1. The van der Waals surface area contributed by atoms with Crippen LogP contribution in [0.4, 0.5) is 0 Å². The number of hydrogen-bond acceptors (Lipinski definition) is 2. The summed E-state index contributed by atoms with van der Waals surface area (Å²) in [6.45, 7) is 0.793.